The zero-order valence-corrected chi connectivity index (χ0v) is 18.9. The first-order chi connectivity index (χ1) is 15.5. The van der Waals surface area contributed by atoms with E-state index in [0.717, 1.165) is 10.4 Å². The second kappa shape index (κ2) is 8.49. The second-order valence-corrected chi connectivity index (χ2v) is 10.2. The van der Waals surface area contributed by atoms with E-state index in [1.54, 1.807) is 0 Å². The predicted octanol–water partition coefficient (Wildman–Crippen LogP) is 2.70. The summed E-state index contributed by atoms with van der Waals surface area (Å²) in [4.78, 5) is 39.4. The van der Waals surface area contributed by atoms with Crippen LogP contribution in [-0.2, 0) is 20.8 Å². The number of nitrogens with one attached hydrogen (secondary N) is 1. The third kappa shape index (κ3) is 3.72. The van der Waals surface area contributed by atoms with Gasteiger partial charge in [0, 0.05) is 21.8 Å². The number of benzene rings is 1. The molecule has 1 saturated heterocycles. The number of carbonyl (C=O) groups is 3. The van der Waals surface area contributed by atoms with Crippen LogP contribution in [-0.4, -0.2) is 55.2 Å². The van der Waals surface area contributed by atoms with Crippen molar-refractivity contribution in [1.82, 2.24) is 20.4 Å². The molecule has 8 nitrogen and oxygen atoms in total. The molecule has 2 aliphatic heterocycles. The molecule has 1 aromatic carbocycles. The molecule has 2 atom stereocenters. The van der Waals surface area contributed by atoms with Gasteiger partial charge in [0.25, 0.3) is 5.91 Å². The molecular formula is C21H16N4O4S3. The number of carboxylic acids is 1. The SMILES string of the molecule is O=C(Cc1cccs1)NC1C(=O)N2C(C(=O)O)=C(c3nnc(-c4ccccc4)s3)CS[C@@H]12. The van der Waals surface area contributed by atoms with E-state index in [2.05, 4.69) is 15.5 Å². The van der Waals surface area contributed by atoms with Gasteiger partial charge in [-0.3, -0.25) is 14.5 Å². The molecule has 0 radical (unpaired) electrons. The van der Waals surface area contributed by atoms with E-state index in [4.69, 9.17) is 0 Å². The summed E-state index contributed by atoms with van der Waals surface area (Å²) in [5, 5.41) is 23.6. The largest absolute Gasteiger partial charge is 0.477 e. The van der Waals surface area contributed by atoms with Crippen LogP contribution in [0.3, 0.4) is 0 Å². The molecule has 32 heavy (non-hydrogen) atoms. The van der Waals surface area contributed by atoms with Gasteiger partial charge in [0.1, 0.15) is 27.1 Å². The number of carboxylic acid groups (broad SMARTS) is 1. The van der Waals surface area contributed by atoms with Crippen molar-refractivity contribution in [1.29, 1.82) is 0 Å². The zero-order valence-electron chi connectivity index (χ0n) is 16.4. The van der Waals surface area contributed by atoms with Gasteiger partial charge in [-0.25, -0.2) is 4.79 Å². The summed E-state index contributed by atoms with van der Waals surface area (Å²) in [5.74, 6) is -1.52. The molecule has 1 unspecified atom stereocenters. The number of fused-ring (bicyclic) bond motifs is 1. The van der Waals surface area contributed by atoms with Crippen molar-refractivity contribution in [3.8, 4) is 10.6 Å². The third-order valence-electron chi connectivity index (χ3n) is 5.11. The Morgan fingerprint density at radius 1 is 1.12 bits per heavy atom. The quantitative estimate of drug-likeness (QED) is 0.517. The van der Waals surface area contributed by atoms with Crippen LogP contribution >= 0.6 is 34.4 Å². The number of carbonyl (C=O) groups excluding carboxylic acids is 2. The molecule has 0 aliphatic carbocycles. The number of thiophene rings is 1. The lowest BCUT2D eigenvalue weighted by Crippen LogP contribution is -2.70. The Kier molecular flexibility index (Phi) is 5.53. The Morgan fingerprint density at radius 3 is 2.62 bits per heavy atom. The number of β-lactam (4-membered cyclic amide) rings is 1. The minimum atomic E-state index is -1.20. The molecule has 11 heteroatoms. The van der Waals surface area contributed by atoms with E-state index >= 15 is 0 Å². The highest BCUT2D eigenvalue weighted by Crippen LogP contribution is 2.44. The average molecular weight is 485 g/mol. The van der Waals surface area contributed by atoms with E-state index in [9.17, 15) is 19.5 Å². The summed E-state index contributed by atoms with van der Waals surface area (Å²) in [6.07, 6.45) is 0.193. The van der Waals surface area contributed by atoms with Crippen molar-refractivity contribution in [2.24, 2.45) is 0 Å². The van der Waals surface area contributed by atoms with E-state index in [1.165, 1.54) is 39.3 Å². The van der Waals surface area contributed by atoms with Gasteiger partial charge >= 0.3 is 5.97 Å². The molecule has 5 rings (SSSR count). The summed E-state index contributed by atoms with van der Waals surface area (Å²) >= 11 is 4.18. The van der Waals surface area contributed by atoms with Crippen LogP contribution in [0.15, 0.2) is 53.5 Å². The Balaban J connectivity index is 1.37. The molecule has 3 aromatic rings. The lowest BCUT2D eigenvalue weighted by molar-refractivity contribution is -0.150. The van der Waals surface area contributed by atoms with Gasteiger partial charge in [-0.1, -0.05) is 47.7 Å². The van der Waals surface area contributed by atoms with Crippen molar-refractivity contribution in [3.63, 3.8) is 0 Å². The predicted molar refractivity (Wildman–Crippen MR) is 123 cm³/mol. The Hall–Kier alpha value is -3.02. The highest BCUT2D eigenvalue weighted by Gasteiger charge is 2.54. The number of aromatic nitrogens is 2. The van der Waals surface area contributed by atoms with Crippen LogP contribution in [0.2, 0.25) is 0 Å². The van der Waals surface area contributed by atoms with Gasteiger partial charge < -0.3 is 10.4 Å². The molecule has 2 aliphatic rings. The molecule has 0 saturated carbocycles. The van der Waals surface area contributed by atoms with Gasteiger partial charge in [-0.05, 0) is 11.4 Å². The molecule has 0 bridgehead atoms. The first-order valence-electron chi connectivity index (χ1n) is 9.65. The summed E-state index contributed by atoms with van der Waals surface area (Å²) < 4.78 is 0. The number of nitrogens with zero attached hydrogens (tertiary/aromatic N) is 3. The van der Waals surface area contributed by atoms with Crippen LogP contribution in [0.1, 0.15) is 9.88 Å². The highest BCUT2D eigenvalue weighted by molar-refractivity contribution is 8.00. The van der Waals surface area contributed by atoms with Crippen LogP contribution in [0.5, 0.6) is 0 Å². The van der Waals surface area contributed by atoms with E-state index < -0.39 is 23.3 Å². The van der Waals surface area contributed by atoms with Gasteiger partial charge in [0.05, 0.1) is 6.42 Å². The lowest BCUT2D eigenvalue weighted by Gasteiger charge is -2.49. The molecule has 2 N–H and O–H groups in total. The van der Waals surface area contributed by atoms with Crippen LogP contribution in [0, 0.1) is 0 Å². The monoisotopic (exact) mass is 484 g/mol. The number of hydrogen-bond acceptors (Lipinski definition) is 8. The first kappa shape index (κ1) is 20.9. The standard InChI is InChI=1S/C21H16N4O4S3/c26-14(9-12-7-4-8-30-12)22-15-19(27)25-16(21(28)29)13(10-31-20(15)25)18-24-23-17(32-18)11-5-2-1-3-6-11/h1-8,15,20H,9-10H2,(H,22,26)(H,28,29)/t15?,20-/m0/s1. The fourth-order valence-electron chi connectivity index (χ4n) is 3.62. The molecule has 2 aromatic heterocycles. The summed E-state index contributed by atoms with van der Waals surface area (Å²) in [6.45, 7) is 0. The summed E-state index contributed by atoms with van der Waals surface area (Å²) in [6, 6.07) is 12.5. The van der Waals surface area contributed by atoms with E-state index in [-0.39, 0.29) is 18.0 Å². The molecule has 2 amide bonds. The van der Waals surface area contributed by atoms with Crippen molar-refractivity contribution in [2.45, 2.75) is 17.8 Å². The maximum Gasteiger partial charge on any atom is 0.353 e. The minimum Gasteiger partial charge on any atom is -0.477 e. The molecule has 0 spiro atoms. The van der Waals surface area contributed by atoms with E-state index in [1.807, 2.05) is 47.8 Å². The highest BCUT2D eigenvalue weighted by atomic mass is 32.2. The van der Waals surface area contributed by atoms with E-state index in [0.29, 0.717) is 21.3 Å². The number of thioether (sulfide) groups is 1. The first-order valence-corrected chi connectivity index (χ1v) is 12.4. The molecule has 162 valence electrons. The van der Waals surface area contributed by atoms with Gasteiger partial charge in [-0.2, -0.15) is 0 Å². The third-order valence-corrected chi connectivity index (χ3v) is 8.29. The maximum absolute atomic E-state index is 12.8. The minimum absolute atomic E-state index is 0.0849. The van der Waals surface area contributed by atoms with Gasteiger partial charge in [0.15, 0.2) is 0 Å². The van der Waals surface area contributed by atoms with Crippen LogP contribution in [0.4, 0.5) is 0 Å². The molecule has 4 heterocycles. The number of aliphatic carboxylic acids is 1. The lowest BCUT2D eigenvalue weighted by atomic mass is 10.0. The average Bonchev–Trinajstić information content (AvgIpc) is 3.49. The maximum atomic E-state index is 12.8. The number of amides is 2. The number of hydrogen-bond donors (Lipinski definition) is 2. The number of rotatable bonds is 6. The zero-order chi connectivity index (χ0) is 22.2. The van der Waals surface area contributed by atoms with Crippen molar-refractivity contribution in [3.05, 3.63) is 63.4 Å². The van der Waals surface area contributed by atoms with Crippen molar-refractivity contribution >= 4 is 57.8 Å². The summed E-state index contributed by atoms with van der Waals surface area (Å²) in [7, 11) is 0. The normalized spacial score (nSPS) is 20.0. The fourth-order valence-corrected chi connectivity index (χ4v) is 6.65. The molecular weight excluding hydrogens is 468 g/mol. The topological polar surface area (TPSA) is 112 Å². The van der Waals surface area contributed by atoms with Crippen molar-refractivity contribution in [2.75, 3.05) is 5.75 Å². The summed E-state index contributed by atoms with van der Waals surface area (Å²) in [5.41, 5.74) is 1.28. The Morgan fingerprint density at radius 2 is 1.91 bits per heavy atom. The Bertz CT molecular complexity index is 1220. The fraction of sp³-hybridized carbons (Fsp3) is 0.190. The van der Waals surface area contributed by atoms with Crippen molar-refractivity contribution < 1.29 is 19.5 Å². The van der Waals surface area contributed by atoms with Gasteiger partial charge in [-0.15, -0.1) is 33.3 Å². The smallest absolute Gasteiger partial charge is 0.353 e. The van der Waals surface area contributed by atoms with Gasteiger partial charge in [0.2, 0.25) is 5.91 Å². The van der Waals surface area contributed by atoms with Crippen LogP contribution in [0.25, 0.3) is 16.1 Å². The second-order valence-electron chi connectivity index (χ2n) is 7.12. The van der Waals surface area contributed by atoms with Crippen LogP contribution < -0.4 is 5.32 Å². The Labute approximate surface area is 195 Å². The molecule has 1 fully saturated rings.